The van der Waals surface area contributed by atoms with Crippen LogP contribution in [-0.2, 0) is 19.1 Å². The van der Waals surface area contributed by atoms with Crippen molar-refractivity contribution < 1.29 is 23.9 Å². The normalized spacial score (nSPS) is 21.6. The first-order chi connectivity index (χ1) is 19.9. The van der Waals surface area contributed by atoms with Crippen molar-refractivity contribution in [3.8, 4) is 0 Å². The quantitative estimate of drug-likeness (QED) is 0.277. The molecule has 8 rings (SSSR count). The maximum absolute atomic E-state index is 14.0. The number of anilines is 2. The predicted octanol–water partition coefficient (Wildman–Crippen LogP) is 5.19. The van der Waals surface area contributed by atoms with Crippen LogP contribution in [0.15, 0.2) is 97.1 Å². The zero-order chi connectivity index (χ0) is 28.2. The second-order valence-corrected chi connectivity index (χ2v) is 10.8. The van der Waals surface area contributed by atoms with E-state index in [0.29, 0.717) is 11.4 Å². The highest BCUT2D eigenvalue weighted by atomic mass is 16.5. The Morgan fingerprint density at radius 2 is 1.27 bits per heavy atom. The number of carbonyl (C=O) groups excluding carboxylic acids is 4. The summed E-state index contributed by atoms with van der Waals surface area (Å²) in [5.74, 6) is -3.16. The van der Waals surface area contributed by atoms with E-state index in [9.17, 15) is 19.2 Å². The van der Waals surface area contributed by atoms with Crippen LogP contribution in [0.5, 0.6) is 0 Å². The van der Waals surface area contributed by atoms with E-state index in [1.807, 2.05) is 43.3 Å². The molecule has 0 aromatic heterocycles. The average molecular weight is 543 g/mol. The van der Waals surface area contributed by atoms with Crippen LogP contribution < -0.4 is 10.2 Å². The van der Waals surface area contributed by atoms with Gasteiger partial charge >= 0.3 is 5.97 Å². The van der Waals surface area contributed by atoms with Gasteiger partial charge in [0.2, 0.25) is 11.8 Å². The Balaban J connectivity index is 1.14. The summed E-state index contributed by atoms with van der Waals surface area (Å²) in [5, 5.41) is 2.73. The Morgan fingerprint density at radius 3 is 1.83 bits per heavy atom. The number of imide groups is 1. The SMILES string of the molecule is Cc1ccccc1NC(=O)COC(=O)c1cccc(N2C(=O)[C@H]3C4c5ccccc5C(c5ccccc54)[C@@H]3C2=O)c1. The summed E-state index contributed by atoms with van der Waals surface area (Å²) < 4.78 is 5.26. The fourth-order valence-corrected chi connectivity index (χ4v) is 6.82. The molecule has 41 heavy (non-hydrogen) atoms. The zero-order valence-corrected chi connectivity index (χ0v) is 22.2. The van der Waals surface area contributed by atoms with Crippen LogP contribution in [0.25, 0.3) is 0 Å². The second kappa shape index (κ2) is 9.55. The molecule has 1 aliphatic heterocycles. The Kier molecular flexibility index (Phi) is 5.82. The number of esters is 1. The number of ether oxygens (including phenoxy) is 1. The molecule has 2 atom stereocenters. The van der Waals surface area contributed by atoms with E-state index in [4.69, 9.17) is 4.74 Å². The summed E-state index contributed by atoms with van der Waals surface area (Å²) in [4.78, 5) is 54.5. The minimum atomic E-state index is -0.719. The molecule has 202 valence electrons. The van der Waals surface area contributed by atoms with E-state index < -0.39 is 30.3 Å². The molecule has 0 saturated carbocycles. The fourth-order valence-electron chi connectivity index (χ4n) is 6.82. The topological polar surface area (TPSA) is 92.8 Å². The average Bonchev–Trinajstić information content (AvgIpc) is 3.27. The molecular formula is C34H26N2O5. The minimum Gasteiger partial charge on any atom is -0.452 e. The van der Waals surface area contributed by atoms with Gasteiger partial charge in [0.05, 0.1) is 23.1 Å². The van der Waals surface area contributed by atoms with Crippen molar-refractivity contribution in [3.05, 3.63) is 130 Å². The van der Waals surface area contributed by atoms with Crippen molar-refractivity contribution in [3.63, 3.8) is 0 Å². The number of nitrogens with one attached hydrogen (secondary N) is 1. The van der Waals surface area contributed by atoms with Gasteiger partial charge in [0.1, 0.15) is 0 Å². The maximum atomic E-state index is 14.0. The lowest BCUT2D eigenvalue weighted by Crippen LogP contribution is -2.41. The van der Waals surface area contributed by atoms with Crippen molar-refractivity contribution in [1.29, 1.82) is 0 Å². The number of amides is 3. The second-order valence-electron chi connectivity index (χ2n) is 10.8. The third kappa shape index (κ3) is 3.88. The number of rotatable bonds is 5. The molecule has 1 saturated heterocycles. The van der Waals surface area contributed by atoms with Gasteiger partial charge in [-0.2, -0.15) is 0 Å². The molecule has 7 heteroatoms. The Bertz CT molecular complexity index is 1650. The van der Waals surface area contributed by atoms with Crippen LogP contribution in [0.1, 0.15) is 50.0 Å². The van der Waals surface area contributed by atoms with Gasteiger partial charge in [-0.1, -0.05) is 72.8 Å². The molecule has 1 heterocycles. The van der Waals surface area contributed by atoms with Crippen LogP contribution >= 0.6 is 0 Å². The zero-order valence-electron chi connectivity index (χ0n) is 22.2. The Labute approximate surface area is 236 Å². The molecule has 1 N–H and O–H groups in total. The van der Waals surface area contributed by atoms with Crippen molar-refractivity contribution in [1.82, 2.24) is 0 Å². The molecule has 4 aromatic carbocycles. The predicted molar refractivity (Wildman–Crippen MR) is 153 cm³/mol. The molecule has 7 nitrogen and oxygen atoms in total. The summed E-state index contributed by atoms with van der Waals surface area (Å²) in [7, 11) is 0. The number of benzene rings is 4. The van der Waals surface area contributed by atoms with Crippen LogP contribution in [0.3, 0.4) is 0 Å². The number of hydrogen-bond donors (Lipinski definition) is 1. The van der Waals surface area contributed by atoms with Gasteiger partial charge in [-0.25, -0.2) is 9.69 Å². The van der Waals surface area contributed by atoms with E-state index in [1.165, 1.54) is 11.0 Å². The van der Waals surface area contributed by atoms with Gasteiger partial charge in [0, 0.05) is 17.5 Å². The highest BCUT2D eigenvalue weighted by Crippen LogP contribution is 2.61. The first-order valence-electron chi connectivity index (χ1n) is 13.6. The lowest BCUT2D eigenvalue weighted by Gasteiger charge is -2.45. The summed E-state index contributed by atoms with van der Waals surface area (Å²) in [6.45, 7) is 1.40. The first kappa shape index (κ1) is 25.0. The molecule has 3 aliphatic carbocycles. The standard InChI is InChI=1S/C34H26N2O5/c1-19-9-2-7-16-26(19)35-27(37)18-41-34(40)20-10-8-11-21(17-20)36-32(38)30-28-22-12-3-4-13-23(22)29(31(30)33(36)39)25-15-6-5-14-24(25)28/h2-17,28-31H,18H2,1H3,(H,35,37)/t28?,29?,30-,31-/m0/s1. The van der Waals surface area contributed by atoms with Crippen molar-refractivity contribution >= 4 is 35.1 Å². The molecule has 0 unspecified atom stereocenters. The summed E-state index contributed by atoms with van der Waals surface area (Å²) >= 11 is 0. The van der Waals surface area contributed by atoms with Crippen LogP contribution in [-0.4, -0.2) is 30.3 Å². The van der Waals surface area contributed by atoms with Gasteiger partial charge in [-0.3, -0.25) is 14.4 Å². The summed E-state index contributed by atoms with van der Waals surface area (Å²) in [6, 6.07) is 29.8. The summed E-state index contributed by atoms with van der Waals surface area (Å²) in [6.07, 6.45) is 0. The van der Waals surface area contributed by atoms with Crippen molar-refractivity contribution in [2.75, 3.05) is 16.8 Å². The smallest absolute Gasteiger partial charge is 0.338 e. The lowest BCUT2D eigenvalue weighted by molar-refractivity contribution is -0.122. The maximum Gasteiger partial charge on any atom is 0.338 e. The number of para-hydroxylation sites is 1. The fraction of sp³-hybridized carbons (Fsp3) is 0.176. The molecule has 0 radical (unpaired) electrons. The number of hydrogen-bond acceptors (Lipinski definition) is 5. The minimum absolute atomic E-state index is 0.149. The number of carbonyl (C=O) groups is 4. The molecule has 4 aliphatic rings. The monoisotopic (exact) mass is 542 g/mol. The lowest BCUT2D eigenvalue weighted by atomic mass is 9.55. The third-order valence-electron chi connectivity index (χ3n) is 8.54. The van der Waals surface area contributed by atoms with Gasteiger partial charge in [0.25, 0.3) is 5.91 Å². The van der Waals surface area contributed by atoms with Gasteiger partial charge in [-0.05, 0) is 59.0 Å². The molecule has 1 fully saturated rings. The van der Waals surface area contributed by atoms with E-state index in [2.05, 4.69) is 29.6 Å². The van der Waals surface area contributed by atoms with Crippen molar-refractivity contribution in [2.24, 2.45) is 11.8 Å². The van der Waals surface area contributed by atoms with E-state index in [1.54, 1.807) is 30.3 Å². The van der Waals surface area contributed by atoms with E-state index in [0.717, 1.165) is 27.8 Å². The van der Waals surface area contributed by atoms with E-state index >= 15 is 0 Å². The Hall–Kier alpha value is -5.04. The highest BCUT2D eigenvalue weighted by Gasteiger charge is 2.61. The van der Waals surface area contributed by atoms with Gasteiger partial charge in [0.15, 0.2) is 6.61 Å². The molecular weight excluding hydrogens is 516 g/mol. The first-order valence-corrected chi connectivity index (χ1v) is 13.6. The van der Waals surface area contributed by atoms with Crippen molar-refractivity contribution in [2.45, 2.75) is 18.8 Å². The molecule has 2 bridgehead atoms. The Morgan fingerprint density at radius 1 is 0.732 bits per heavy atom. The third-order valence-corrected chi connectivity index (χ3v) is 8.54. The van der Waals surface area contributed by atoms with E-state index in [-0.39, 0.29) is 29.2 Å². The van der Waals surface area contributed by atoms with Crippen LogP contribution in [0, 0.1) is 18.8 Å². The van der Waals surface area contributed by atoms with Gasteiger partial charge in [-0.15, -0.1) is 0 Å². The summed E-state index contributed by atoms with van der Waals surface area (Å²) in [5.41, 5.74) is 6.39. The largest absolute Gasteiger partial charge is 0.452 e. The van der Waals surface area contributed by atoms with Crippen LogP contribution in [0.4, 0.5) is 11.4 Å². The number of aryl methyl sites for hydroxylation is 1. The molecule has 0 spiro atoms. The number of nitrogens with zero attached hydrogens (tertiary/aromatic N) is 1. The van der Waals surface area contributed by atoms with Crippen LogP contribution in [0.2, 0.25) is 0 Å². The molecule has 3 amide bonds. The molecule has 4 aromatic rings. The van der Waals surface area contributed by atoms with Gasteiger partial charge < -0.3 is 10.1 Å². The highest BCUT2D eigenvalue weighted by molar-refractivity contribution is 6.23.